The topological polar surface area (TPSA) is 68.9 Å². The zero-order valence-electron chi connectivity index (χ0n) is 13.7. The van der Waals surface area contributed by atoms with E-state index in [1.54, 1.807) is 0 Å². The second-order valence-corrected chi connectivity index (χ2v) is 5.39. The number of fused-ring (bicyclic) bond motifs is 1. The van der Waals surface area contributed by atoms with Gasteiger partial charge in [0.2, 0.25) is 11.2 Å². The fourth-order valence-corrected chi connectivity index (χ4v) is 2.52. The van der Waals surface area contributed by atoms with E-state index in [1.165, 1.54) is 26.4 Å². The van der Waals surface area contributed by atoms with Crippen molar-refractivity contribution in [1.82, 2.24) is 0 Å². The van der Waals surface area contributed by atoms with Crippen LogP contribution in [0.4, 0.5) is 13.2 Å². The van der Waals surface area contributed by atoms with Crippen molar-refractivity contribution in [2.24, 2.45) is 0 Å². The SMILES string of the molecule is COc1cc2oc(-c3ccc(C(F)(F)F)cc3)c(O)c(=O)c2cc1OC. The molecule has 8 heteroatoms. The first-order valence-electron chi connectivity index (χ1n) is 7.35. The van der Waals surface area contributed by atoms with E-state index >= 15 is 0 Å². The highest BCUT2D eigenvalue weighted by Crippen LogP contribution is 2.37. The Morgan fingerprint density at radius 3 is 2.12 bits per heavy atom. The van der Waals surface area contributed by atoms with Gasteiger partial charge in [0.25, 0.3) is 0 Å². The predicted molar refractivity (Wildman–Crippen MR) is 87.7 cm³/mol. The summed E-state index contributed by atoms with van der Waals surface area (Å²) in [6, 6.07) is 6.68. The standard InChI is InChI=1S/C18H13F3O5/c1-24-13-7-11-12(8-14(13)25-2)26-17(16(23)15(11)22)9-3-5-10(6-4-9)18(19,20)21/h3-8,23H,1-2H3. The molecule has 136 valence electrons. The first kappa shape index (κ1) is 17.7. The van der Waals surface area contributed by atoms with Crippen LogP contribution in [0.2, 0.25) is 0 Å². The summed E-state index contributed by atoms with van der Waals surface area (Å²) in [7, 11) is 2.79. The largest absolute Gasteiger partial charge is 0.502 e. The van der Waals surface area contributed by atoms with Gasteiger partial charge in [-0.1, -0.05) is 12.1 Å². The highest BCUT2D eigenvalue weighted by Gasteiger charge is 2.30. The highest BCUT2D eigenvalue weighted by molar-refractivity contribution is 5.85. The van der Waals surface area contributed by atoms with Crippen LogP contribution in [-0.2, 0) is 6.18 Å². The summed E-state index contributed by atoms with van der Waals surface area (Å²) in [5.74, 6) is -0.367. The number of benzene rings is 2. The van der Waals surface area contributed by atoms with E-state index < -0.39 is 22.9 Å². The minimum absolute atomic E-state index is 0.0517. The average Bonchev–Trinajstić information content (AvgIpc) is 2.63. The van der Waals surface area contributed by atoms with Crippen molar-refractivity contribution in [2.75, 3.05) is 14.2 Å². The van der Waals surface area contributed by atoms with Crippen LogP contribution in [0.25, 0.3) is 22.3 Å². The zero-order valence-corrected chi connectivity index (χ0v) is 13.7. The minimum Gasteiger partial charge on any atom is -0.502 e. The van der Waals surface area contributed by atoms with Crippen LogP contribution in [0, 0.1) is 0 Å². The molecule has 3 aromatic rings. The second-order valence-electron chi connectivity index (χ2n) is 5.39. The maximum absolute atomic E-state index is 12.7. The lowest BCUT2D eigenvalue weighted by Gasteiger charge is -2.11. The summed E-state index contributed by atoms with van der Waals surface area (Å²) in [4.78, 5) is 12.4. The summed E-state index contributed by atoms with van der Waals surface area (Å²) in [6.45, 7) is 0. The quantitative estimate of drug-likeness (QED) is 0.752. The van der Waals surface area contributed by atoms with Crippen molar-refractivity contribution >= 4 is 11.0 Å². The first-order chi connectivity index (χ1) is 12.3. The molecule has 0 spiro atoms. The minimum atomic E-state index is -4.49. The number of aromatic hydroxyl groups is 1. The van der Waals surface area contributed by atoms with Crippen LogP contribution in [0.3, 0.4) is 0 Å². The molecule has 0 aliphatic rings. The molecule has 0 radical (unpaired) electrons. The van der Waals surface area contributed by atoms with E-state index in [1.807, 2.05) is 0 Å². The second kappa shape index (κ2) is 6.29. The van der Waals surface area contributed by atoms with Gasteiger partial charge in [-0.25, -0.2) is 0 Å². The Balaban J connectivity index is 2.21. The number of methoxy groups -OCH3 is 2. The van der Waals surface area contributed by atoms with E-state index in [0.717, 1.165) is 24.3 Å². The maximum atomic E-state index is 12.7. The van der Waals surface area contributed by atoms with Gasteiger partial charge >= 0.3 is 6.18 Å². The van der Waals surface area contributed by atoms with E-state index in [9.17, 15) is 23.1 Å². The lowest BCUT2D eigenvalue weighted by Crippen LogP contribution is -2.05. The van der Waals surface area contributed by atoms with Crippen molar-refractivity contribution in [1.29, 1.82) is 0 Å². The third-order valence-electron chi connectivity index (χ3n) is 3.85. The smallest absolute Gasteiger partial charge is 0.416 e. The van der Waals surface area contributed by atoms with Gasteiger partial charge in [-0.15, -0.1) is 0 Å². The molecule has 0 saturated carbocycles. The normalized spacial score (nSPS) is 11.6. The fraction of sp³-hybridized carbons (Fsp3) is 0.167. The third-order valence-corrected chi connectivity index (χ3v) is 3.85. The van der Waals surface area contributed by atoms with Gasteiger partial charge in [-0.3, -0.25) is 4.79 Å². The Labute approximate surface area is 145 Å². The Morgan fingerprint density at radius 1 is 1.00 bits per heavy atom. The summed E-state index contributed by atoms with van der Waals surface area (Å²) in [5.41, 5.74) is -1.36. The number of alkyl halides is 3. The van der Waals surface area contributed by atoms with Gasteiger partial charge in [0, 0.05) is 11.6 Å². The number of hydrogen-bond acceptors (Lipinski definition) is 5. The highest BCUT2D eigenvalue weighted by atomic mass is 19.4. The van der Waals surface area contributed by atoms with Gasteiger partial charge in [0.1, 0.15) is 5.58 Å². The summed E-state index contributed by atoms with van der Waals surface area (Å²) in [6.07, 6.45) is -4.49. The average molecular weight is 366 g/mol. The molecule has 1 N–H and O–H groups in total. The molecule has 26 heavy (non-hydrogen) atoms. The van der Waals surface area contributed by atoms with Gasteiger partial charge < -0.3 is 19.0 Å². The Kier molecular flexibility index (Phi) is 4.27. The Hall–Kier alpha value is -3.16. The zero-order chi connectivity index (χ0) is 19.1. The van der Waals surface area contributed by atoms with Crippen LogP contribution in [0.5, 0.6) is 17.2 Å². The lowest BCUT2D eigenvalue weighted by molar-refractivity contribution is -0.137. The van der Waals surface area contributed by atoms with Crippen LogP contribution < -0.4 is 14.9 Å². The van der Waals surface area contributed by atoms with E-state index in [2.05, 4.69) is 0 Å². The fourth-order valence-electron chi connectivity index (χ4n) is 2.52. The lowest BCUT2D eigenvalue weighted by atomic mass is 10.1. The van der Waals surface area contributed by atoms with Crippen LogP contribution in [-0.4, -0.2) is 19.3 Å². The summed E-state index contributed by atoms with van der Waals surface area (Å²) >= 11 is 0. The van der Waals surface area contributed by atoms with Crippen LogP contribution >= 0.6 is 0 Å². The predicted octanol–water partition coefficient (Wildman–Crippen LogP) is 4.20. The van der Waals surface area contributed by atoms with E-state index in [-0.39, 0.29) is 28.0 Å². The van der Waals surface area contributed by atoms with Crippen molar-refractivity contribution in [3.8, 4) is 28.6 Å². The number of hydrogen-bond donors (Lipinski definition) is 1. The first-order valence-corrected chi connectivity index (χ1v) is 7.35. The van der Waals surface area contributed by atoms with E-state index in [0.29, 0.717) is 5.75 Å². The molecule has 0 aliphatic heterocycles. The molecule has 1 aromatic heterocycles. The van der Waals surface area contributed by atoms with E-state index in [4.69, 9.17) is 13.9 Å². The molecular weight excluding hydrogens is 353 g/mol. The molecule has 0 fully saturated rings. The van der Waals surface area contributed by atoms with Crippen molar-refractivity contribution < 1.29 is 32.2 Å². The van der Waals surface area contributed by atoms with Crippen LogP contribution in [0.1, 0.15) is 5.56 Å². The molecule has 0 aliphatic carbocycles. The third kappa shape index (κ3) is 2.94. The molecule has 2 aromatic carbocycles. The molecule has 0 bridgehead atoms. The Bertz CT molecular complexity index is 1020. The maximum Gasteiger partial charge on any atom is 0.416 e. The molecule has 0 atom stereocenters. The van der Waals surface area contributed by atoms with Crippen molar-refractivity contribution in [3.05, 3.63) is 52.2 Å². The molecule has 3 rings (SSSR count). The van der Waals surface area contributed by atoms with Crippen LogP contribution in [0.15, 0.2) is 45.6 Å². The molecule has 0 saturated heterocycles. The van der Waals surface area contributed by atoms with Gasteiger partial charge in [0.05, 0.1) is 25.2 Å². The summed E-state index contributed by atoms with van der Waals surface area (Å²) in [5, 5.41) is 10.2. The molecule has 0 amide bonds. The molecule has 5 nitrogen and oxygen atoms in total. The number of ether oxygens (including phenoxy) is 2. The summed E-state index contributed by atoms with van der Waals surface area (Å²) < 4.78 is 53.8. The van der Waals surface area contributed by atoms with Crippen molar-refractivity contribution in [2.45, 2.75) is 6.18 Å². The molecular formula is C18H13F3O5. The Morgan fingerprint density at radius 2 is 1.58 bits per heavy atom. The van der Waals surface area contributed by atoms with Gasteiger partial charge in [-0.05, 0) is 18.2 Å². The molecule has 1 heterocycles. The van der Waals surface area contributed by atoms with Gasteiger partial charge in [-0.2, -0.15) is 13.2 Å². The molecule has 0 unspecified atom stereocenters. The van der Waals surface area contributed by atoms with Crippen molar-refractivity contribution in [3.63, 3.8) is 0 Å². The number of rotatable bonds is 3. The van der Waals surface area contributed by atoms with Gasteiger partial charge in [0.15, 0.2) is 17.3 Å². The number of halogens is 3. The monoisotopic (exact) mass is 366 g/mol.